The summed E-state index contributed by atoms with van der Waals surface area (Å²) in [5.41, 5.74) is 0. The van der Waals surface area contributed by atoms with Gasteiger partial charge >= 0.3 is 5.97 Å². The van der Waals surface area contributed by atoms with Gasteiger partial charge < -0.3 is 9.84 Å². The van der Waals surface area contributed by atoms with E-state index in [9.17, 15) is 4.79 Å². The Morgan fingerprint density at radius 3 is 2.73 bits per heavy atom. The van der Waals surface area contributed by atoms with E-state index in [1.54, 1.807) is 11.8 Å². The maximum absolute atomic E-state index is 10.4. The number of hydrogen-bond acceptors (Lipinski definition) is 3. The topological polar surface area (TPSA) is 46.5 Å². The van der Waals surface area contributed by atoms with E-state index in [0.717, 1.165) is 5.75 Å². The monoisotopic (exact) mass is 226 g/mol. The number of carboxylic acid groups (broad SMARTS) is 1. The molecule has 82 valence electrons. The van der Waals surface area contributed by atoms with Crippen molar-refractivity contribution in [3.8, 4) is 0 Å². The second-order valence-corrected chi connectivity index (χ2v) is 4.18. The van der Waals surface area contributed by atoms with Gasteiger partial charge in [-0.05, 0) is 19.1 Å². The molecule has 0 fully saturated rings. The Bertz CT molecular complexity index is 300. The molecule has 1 rings (SSSR count). The Kier molecular flexibility index (Phi) is 5.21. The van der Waals surface area contributed by atoms with Crippen LogP contribution in [0.3, 0.4) is 0 Å². The molecule has 0 radical (unpaired) electrons. The molecule has 0 spiro atoms. The lowest BCUT2D eigenvalue weighted by Gasteiger charge is -2.07. The van der Waals surface area contributed by atoms with Gasteiger partial charge in [-0.25, -0.2) is 4.79 Å². The lowest BCUT2D eigenvalue weighted by molar-refractivity contribution is -0.148. The zero-order valence-electron chi connectivity index (χ0n) is 8.55. The molecule has 15 heavy (non-hydrogen) atoms. The highest BCUT2D eigenvalue weighted by molar-refractivity contribution is 7.99. The van der Waals surface area contributed by atoms with Crippen molar-refractivity contribution in [2.24, 2.45) is 0 Å². The predicted octanol–water partition coefficient (Wildman–Crippen LogP) is 2.27. The summed E-state index contributed by atoms with van der Waals surface area (Å²) in [4.78, 5) is 11.6. The summed E-state index contributed by atoms with van der Waals surface area (Å²) in [6.07, 6.45) is -0.721. The fourth-order valence-electron chi connectivity index (χ4n) is 0.972. The summed E-state index contributed by atoms with van der Waals surface area (Å²) in [5, 5.41) is 8.57. The van der Waals surface area contributed by atoms with Crippen LogP contribution in [0.4, 0.5) is 0 Å². The molecule has 1 aromatic rings. The molecule has 1 N–H and O–H groups in total. The van der Waals surface area contributed by atoms with Gasteiger partial charge in [0.1, 0.15) is 0 Å². The highest BCUT2D eigenvalue weighted by atomic mass is 32.2. The molecule has 1 aromatic carbocycles. The van der Waals surface area contributed by atoms with Gasteiger partial charge in [-0.1, -0.05) is 18.2 Å². The maximum atomic E-state index is 10.4. The van der Waals surface area contributed by atoms with Crippen molar-refractivity contribution in [2.45, 2.75) is 17.9 Å². The maximum Gasteiger partial charge on any atom is 0.332 e. The van der Waals surface area contributed by atoms with E-state index < -0.39 is 12.1 Å². The van der Waals surface area contributed by atoms with Crippen molar-refractivity contribution < 1.29 is 14.6 Å². The second-order valence-electron chi connectivity index (χ2n) is 3.01. The molecular weight excluding hydrogens is 212 g/mol. The zero-order chi connectivity index (χ0) is 11.1. The molecule has 0 aliphatic carbocycles. The number of carboxylic acids is 1. The van der Waals surface area contributed by atoms with Crippen LogP contribution >= 0.6 is 11.8 Å². The van der Waals surface area contributed by atoms with Crippen LogP contribution in [0.15, 0.2) is 35.2 Å². The van der Waals surface area contributed by atoms with Gasteiger partial charge in [-0.15, -0.1) is 11.8 Å². The second kappa shape index (κ2) is 6.48. The third-order valence-electron chi connectivity index (χ3n) is 1.81. The molecule has 0 heterocycles. The molecule has 0 saturated heterocycles. The van der Waals surface area contributed by atoms with E-state index in [1.807, 2.05) is 30.3 Å². The average molecular weight is 226 g/mol. The third-order valence-corrected chi connectivity index (χ3v) is 2.79. The molecule has 3 nitrogen and oxygen atoms in total. The van der Waals surface area contributed by atoms with Crippen molar-refractivity contribution in [2.75, 3.05) is 12.4 Å². The number of hydrogen-bond donors (Lipinski definition) is 1. The Hall–Kier alpha value is -1.00. The van der Waals surface area contributed by atoms with Crippen molar-refractivity contribution in [1.82, 2.24) is 0 Å². The number of benzene rings is 1. The highest BCUT2D eigenvalue weighted by Gasteiger charge is 2.09. The van der Waals surface area contributed by atoms with Gasteiger partial charge in [0.05, 0.1) is 6.61 Å². The van der Waals surface area contributed by atoms with E-state index in [1.165, 1.54) is 11.8 Å². The fraction of sp³-hybridized carbons (Fsp3) is 0.364. The first-order chi connectivity index (χ1) is 7.20. The van der Waals surface area contributed by atoms with Crippen molar-refractivity contribution >= 4 is 17.7 Å². The predicted molar refractivity (Wildman–Crippen MR) is 60.2 cm³/mol. The van der Waals surface area contributed by atoms with E-state index >= 15 is 0 Å². The van der Waals surface area contributed by atoms with E-state index in [0.29, 0.717) is 6.61 Å². The third kappa shape index (κ3) is 4.85. The zero-order valence-corrected chi connectivity index (χ0v) is 9.37. The minimum Gasteiger partial charge on any atom is -0.479 e. The van der Waals surface area contributed by atoms with Crippen LogP contribution in [0.5, 0.6) is 0 Å². The van der Waals surface area contributed by atoms with Crippen LogP contribution in [0.25, 0.3) is 0 Å². The number of carbonyl (C=O) groups is 1. The summed E-state index contributed by atoms with van der Waals surface area (Å²) in [6.45, 7) is 1.99. The van der Waals surface area contributed by atoms with Crippen LogP contribution in [-0.2, 0) is 9.53 Å². The first-order valence-electron chi connectivity index (χ1n) is 4.72. The molecule has 0 bridgehead atoms. The Morgan fingerprint density at radius 1 is 1.47 bits per heavy atom. The van der Waals surface area contributed by atoms with Crippen molar-refractivity contribution in [3.05, 3.63) is 30.3 Å². The Morgan fingerprint density at radius 2 is 2.13 bits per heavy atom. The van der Waals surface area contributed by atoms with Gasteiger partial charge in [0.15, 0.2) is 6.10 Å². The van der Waals surface area contributed by atoms with Crippen LogP contribution in [0.2, 0.25) is 0 Å². The van der Waals surface area contributed by atoms with Gasteiger partial charge in [-0.2, -0.15) is 0 Å². The molecule has 0 aliphatic heterocycles. The van der Waals surface area contributed by atoms with Crippen molar-refractivity contribution in [1.29, 1.82) is 0 Å². The molecule has 4 heteroatoms. The molecular formula is C11H14O3S. The van der Waals surface area contributed by atoms with Gasteiger partial charge in [0.25, 0.3) is 0 Å². The average Bonchev–Trinajstić information content (AvgIpc) is 2.25. The van der Waals surface area contributed by atoms with E-state index in [2.05, 4.69) is 0 Å². The molecule has 1 atom stereocenters. The molecule has 0 aromatic heterocycles. The molecule has 0 aliphatic rings. The summed E-state index contributed by atoms with van der Waals surface area (Å²) in [7, 11) is 0. The fourth-order valence-corrected chi connectivity index (χ4v) is 1.74. The van der Waals surface area contributed by atoms with Gasteiger partial charge in [0, 0.05) is 10.6 Å². The smallest absolute Gasteiger partial charge is 0.332 e. The lowest BCUT2D eigenvalue weighted by Crippen LogP contribution is -2.20. The minimum atomic E-state index is -0.917. The largest absolute Gasteiger partial charge is 0.479 e. The lowest BCUT2D eigenvalue weighted by atomic mass is 10.4. The SMILES string of the molecule is CC(OCCSc1ccccc1)C(=O)O. The van der Waals surface area contributed by atoms with Crippen LogP contribution in [-0.4, -0.2) is 29.5 Å². The summed E-state index contributed by atoms with van der Waals surface area (Å²) in [6, 6.07) is 9.95. The summed E-state index contributed by atoms with van der Waals surface area (Å²) in [5.74, 6) is -0.151. The van der Waals surface area contributed by atoms with E-state index in [4.69, 9.17) is 9.84 Å². The Labute approximate surface area is 93.4 Å². The Balaban J connectivity index is 2.15. The number of aliphatic carboxylic acids is 1. The van der Waals surface area contributed by atoms with E-state index in [-0.39, 0.29) is 0 Å². The number of rotatable bonds is 6. The molecule has 1 unspecified atom stereocenters. The molecule has 0 amide bonds. The van der Waals surface area contributed by atoms with Crippen LogP contribution in [0.1, 0.15) is 6.92 Å². The highest BCUT2D eigenvalue weighted by Crippen LogP contribution is 2.16. The van der Waals surface area contributed by atoms with Crippen LogP contribution in [0, 0.1) is 0 Å². The summed E-state index contributed by atoms with van der Waals surface area (Å²) < 4.78 is 5.10. The number of thioether (sulfide) groups is 1. The molecule has 0 saturated carbocycles. The number of ether oxygens (including phenoxy) is 1. The van der Waals surface area contributed by atoms with Crippen molar-refractivity contribution in [3.63, 3.8) is 0 Å². The summed E-state index contributed by atoms with van der Waals surface area (Å²) >= 11 is 1.66. The first kappa shape index (κ1) is 12.1. The van der Waals surface area contributed by atoms with Crippen LogP contribution < -0.4 is 0 Å². The van der Waals surface area contributed by atoms with Gasteiger partial charge in [-0.3, -0.25) is 0 Å². The quantitative estimate of drug-likeness (QED) is 0.597. The van der Waals surface area contributed by atoms with Gasteiger partial charge in [0.2, 0.25) is 0 Å². The minimum absolute atomic E-state index is 0.451. The normalized spacial score (nSPS) is 12.3. The standard InChI is InChI=1S/C11H14O3S/c1-9(11(12)13)14-7-8-15-10-5-3-2-4-6-10/h2-6,9H,7-8H2,1H3,(H,12,13). The first-order valence-corrected chi connectivity index (χ1v) is 5.71.